The first-order valence-electron chi connectivity index (χ1n) is 6.99. The fourth-order valence-electron chi connectivity index (χ4n) is 3.21. The first-order chi connectivity index (χ1) is 7.31. The minimum Gasteiger partial charge on any atom is -0.317 e. The predicted molar refractivity (Wildman–Crippen MR) is 68.1 cm³/mol. The van der Waals surface area contributed by atoms with E-state index in [-0.39, 0.29) is 0 Å². The number of hydrogen-bond acceptors (Lipinski definition) is 1. The topological polar surface area (TPSA) is 12.0 Å². The second kappa shape index (κ2) is 7.27. The van der Waals surface area contributed by atoms with Gasteiger partial charge >= 0.3 is 0 Å². The molecule has 90 valence electrons. The third-order valence-corrected chi connectivity index (χ3v) is 4.13. The van der Waals surface area contributed by atoms with Crippen molar-refractivity contribution in [1.29, 1.82) is 0 Å². The summed E-state index contributed by atoms with van der Waals surface area (Å²) in [7, 11) is 2.14. The van der Waals surface area contributed by atoms with Crippen molar-refractivity contribution in [1.82, 2.24) is 5.32 Å². The van der Waals surface area contributed by atoms with Gasteiger partial charge in [-0.05, 0) is 38.1 Å². The molecule has 0 radical (unpaired) electrons. The van der Waals surface area contributed by atoms with Crippen LogP contribution in [0.4, 0.5) is 0 Å². The number of rotatable bonds is 6. The largest absolute Gasteiger partial charge is 0.317 e. The van der Waals surface area contributed by atoms with E-state index in [1.807, 2.05) is 0 Å². The van der Waals surface area contributed by atoms with E-state index in [0.29, 0.717) is 0 Å². The van der Waals surface area contributed by atoms with Crippen molar-refractivity contribution in [2.24, 2.45) is 11.8 Å². The lowest BCUT2D eigenvalue weighted by atomic mass is 9.76. The molecule has 1 atom stereocenters. The van der Waals surface area contributed by atoms with Crippen LogP contribution in [0.15, 0.2) is 0 Å². The molecule has 1 unspecified atom stereocenters. The number of nitrogens with one attached hydrogen (secondary N) is 1. The summed E-state index contributed by atoms with van der Waals surface area (Å²) in [5.41, 5.74) is 0. The Balaban J connectivity index is 2.28. The van der Waals surface area contributed by atoms with Crippen LogP contribution in [0.2, 0.25) is 0 Å². The maximum absolute atomic E-state index is 3.52. The summed E-state index contributed by atoms with van der Waals surface area (Å²) in [6, 6.07) is 0.789. The molecule has 15 heavy (non-hydrogen) atoms. The van der Waals surface area contributed by atoms with Crippen LogP contribution in [-0.2, 0) is 0 Å². The Bertz CT molecular complexity index is 147. The minimum absolute atomic E-state index is 0.789. The van der Waals surface area contributed by atoms with Gasteiger partial charge in [-0.3, -0.25) is 0 Å². The monoisotopic (exact) mass is 211 g/mol. The molecule has 0 aromatic rings. The zero-order chi connectivity index (χ0) is 11.1. The van der Waals surface area contributed by atoms with E-state index >= 15 is 0 Å². The van der Waals surface area contributed by atoms with Crippen LogP contribution in [0.3, 0.4) is 0 Å². The molecule has 0 bridgehead atoms. The maximum atomic E-state index is 3.52. The van der Waals surface area contributed by atoms with Crippen molar-refractivity contribution in [3.63, 3.8) is 0 Å². The Morgan fingerprint density at radius 2 is 1.73 bits per heavy atom. The van der Waals surface area contributed by atoms with Gasteiger partial charge in [0.1, 0.15) is 0 Å². The van der Waals surface area contributed by atoms with E-state index < -0.39 is 0 Å². The molecule has 0 saturated heterocycles. The summed E-state index contributed by atoms with van der Waals surface area (Å²) in [4.78, 5) is 0. The number of hydrogen-bond donors (Lipinski definition) is 1. The molecule has 1 aliphatic carbocycles. The summed E-state index contributed by atoms with van der Waals surface area (Å²) in [6.07, 6.45) is 11.4. The SMILES string of the molecule is CCCC1CCC(C(CCC)NC)CC1. The van der Waals surface area contributed by atoms with E-state index in [1.165, 1.54) is 51.4 Å². The van der Waals surface area contributed by atoms with Crippen molar-refractivity contribution in [2.75, 3.05) is 7.05 Å². The second-order valence-electron chi connectivity index (χ2n) is 5.25. The van der Waals surface area contributed by atoms with Crippen LogP contribution in [0.5, 0.6) is 0 Å². The van der Waals surface area contributed by atoms with Crippen LogP contribution in [0.25, 0.3) is 0 Å². The van der Waals surface area contributed by atoms with Gasteiger partial charge in [-0.2, -0.15) is 0 Å². The van der Waals surface area contributed by atoms with Crippen LogP contribution in [0, 0.1) is 11.8 Å². The highest BCUT2D eigenvalue weighted by molar-refractivity contribution is 4.80. The predicted octanol–water partition coefficient (Wildman–Crippen LogP) is 3.98. The third-order valence-electron chi connectivity index (χ3n) is 4.13. The molecule has 0 aromatic carbocycles. The van der Waals surface area contributed by atoms with E-state index in [9.17, 15) is 0 Å². The van der Waals surface area contributed by atoms with Gasteiger partial charge in [-0.15, -0.1) is 0 Å². The molecule has 1 fully saturated rings. The van der Waals surface area contributed by atoms with Crippen LogP contribution < -0.4 is 5.32 Å². The van der Waals surface area contributed by atoms with Gasteiger partial charge in [0.05, 0.1) is 0 Å². The zero-order valence-corrected chi connectivity index (χ0v) is 10.9. The van der Waals surface area contributed by atoms with Gasteiger partial charge in [-0.1, -0.05) is 46.0 Å². The van der Waals surface area contributed by atoms with Gasteiger partial charge in [0.2, 0.25) is 0 Å². The van der Waals surface area contributed by atoms with E-state index in [4.69, 9.17) is 0 Å². The molecule has 0 amide bonds. The maximum Gasteiger partial charge on any atom is 0.00922 e. The fourth-order valence-corrected chi connectivity index (χ4v) is 3.21. The molecule has 1 aliphatic rings. The minimum atomic E-state index is 0.789. The van der Waals surface area contributed by atoms with Gasteiger partial charge in [-0.25, -0.2) is 0 Å². The smallest absolute Gasteiger partial charge is 0.00922 e. The van der Waals surface area contributed by atoms with Crippen molar-refractivity contribution in [3.05, 3.63) is 0 Å². The summed E-state index contributed by atoms with van der Waals surface area (Å²) < 4.78 is 0. The Hall–Kier alpha value is -0.0400. The van der Waals surface area contributed by atoms with Gasteiger partial charge in [0, 0.05) is 6.04 Å². The third kappa shape index (κ3) is 4.14. The fraction of sp³-hybridized carbons (Fsp3) is 1.00. The summed E-state index contributed by atoms with van der Waals surface area (Å²) in [6.45, 7) is 4.62. The Labute approximate surface area is 96.0 Å². The Morgan fingerprint density at radius 3 is 2.20 bits per heavy atom. The molecule has 0 aromatic heterocycles. The molecule has 1 N–H and O–H groups in total. The van der Waals surface area contributed by atoms with Crippen LogP contribution >= 0.6 is 0 Å². The van der Waals surface area contributed by atoms with Crippen molar-refractivity contribution < 1.29 is 0 Å². The highest BCUT2D eigenvalue weighted by Crippen LogP contribution is 2.34. The van der Waals surface area contributed by atoms with Gasteiger partial charge < -0.3 is 5.32 Å². The van der Waals surface area contributed by atoms with Crippen molar-refractivity contribution in [2.45, 2.75) is 71.3 Å². The van der Waals surface area contributed by atoms with Crippen molar-refractivity contribution in [3.8, 4) is 0 Å². The lowest BCUT2D eigenvalue weighted by molar-refractivity contribution is 0.212. The van der Waals surface area contributed by atoms with E-state index in [2.05, 4.69) is 26.2 Å². The summed E-state index contributed by atoms with van der Waals surface area (Å²) in [5.74, 6) is 2.01. The van der Waals surface area contributed by atoms with Crippen LogP contribution in [-0.4, -0.2) is 13.1 Å². The first kappa shape index (κ1) is 13.0. The molecular weight excluding hydrogens is 182 g/mol. The summed E-state index contributed by atoms with van der Waals surface area (Å²) in [5, 5.41) is 3.52. The second-order valence-corrected chi connectivity index (χ2v) is 5.25. The lowest BCUT2D eigenvalue weighted by Gasteiger charge is -2.33. The average Bonchev–Trinajstić information content (AvgIpc) is 2.28. The molecule has 1 saturated carbocycles. The molecule has 1 nitrogen and oxygen atoms in total. The Kier molecular flexibility index (Phi) is 6.31. The van der Waals surface area contributed by atoms with E-state index in [0.717, 1.165) is 17.9 Å². The molecular formula is C14H29N. The van der Waals surface area contributed by atoms with Gasteiger partial charge in [0.25, 0.3) is 0 Å². The Morgan fingerprint density at radius 1 is 1.07 bits per heavy atom. The zero-order valence-electron chi connectivity index (χ0n) is 10.9. The van der Waals surface area contributed by atoms with E-state index in [1.54, 1.807) is 0 Å². The summed E-state index contributed by atoms with van der Waals surface area (Å²) >= 11 is 0. The molecule has 1 rings (SSSR count). The molecule has 0 heterocycles. The molecule has 0 aliphatic heterocycles. The quantitative estimate of drug-likeness (QED) is 0.700. The molecule has 1 heteroatoms. The van der Waals surface area contributed by atoms with Crippen LogP contribution in [0.1, 0.15) is 65.2 Å². The normalized spacial score (nSPS) is 29.0. The first-order valence-corrected chi connectivity index (χ1v) is 6.99. The van der Waals surface area contributed by atoms with Gasteiger partial charge in [0.15, 0.2) is 0 Å². The lowest BCUT2D eigenvalue weighted by Crippen LogP contribution is -2.35. The molecule has 0 spiro atoms. The average molecular weight is 211 g/mol. The standard InChI is InChI=1S/C14H29N/c1-4-6-12-8-10-13(11-9-12)14(15-3)7-5-2/h12-15H,4-11H2,1-3H3. The highest BCUT2D eigenvalue weighted by Gasteiger charge is 2.25. The van der Waals surface area contributed by atoms with Crippen molar-refractivity contribution >= 4 is 0 Å². The highest BCUT2D eigenvalue weighted by atomic mass is 14.9.